The number of benzene rings is 1. The Labute approximate surface area is 166 Å². The van der Waals surface area contributed by atoms with Gasteiger partial charge in [0.25, 0.3) is 5.91 Å². The minimum atomic E-state index is -0.871. The third-order valence-electron chi connectivity index (χ3n) is 6.16. The molecule has 5 heteroatoms. The highest BCUT2D eigenvalue weighted by Gasteiger charge is 2.51. The average molecular weight is 380 g/mol. The molecule has 1 atom stereocenters. The first-order chi connectivity index (χ1) is 13.6. The summed E-state index contributed by atoms with van der Waals surface area (Å²) in [7, 11) is 1.82. The Hall–Kier alpha value is -2.32. The summed E-state index contributed by atoms with van der Waals surface area (Å²) in [4.78, 5) is 23.6. The number of rotatable bonds is 1. The van der Waals surface area contributed by atoms with E-state index >= 15 is 0 Å². The van der Waals surface area contributed by atoms with E-state index in [1.165, 1.54) is 44.9 Å². The lowest BCUT2D eigenvalue weighted by atomic mass is 9.91. The van der Waals surface area contributed by atoms with E-state index in [2.05, 4.69) is 22.5 Å². The SMILES string of the molecule is COC1CCCCC1.O=C1NC(=O)C2(CCc3ccc(C#CC4CC4)cc32)N1. The van der Waals surface area contributed by atoms with Gasteiger partial charge in [-0.25, -0.2) is 4.79 Å². The topological polar surface area (TPSA) is 67.4 Å². The summed E-state index contributed by atoms with van der Waals surface area (Å²) in [6, 6.07) is 5.58. The van der Waals surface area contributed by atoms with Gasteiger partial charge in [0.05, 0.1) is 6.10 Å². The number of urea groups is 1. The molecule has 5 nitrogen and oxygen atoms in total. The number of amides is 3. The van der Waals surface area contributed by atoms with Crippen molar-refractivity contribution in [2.24, 2.45) is 5.92 Å². The van der Waals surface area contributed by atoms with Crippen molar-refractivity contribution >= 4 is 11.9 Å². The van der Waals surface area contributed by atoms with E-state index in [0.29, 0.717) is 18.4 Å². The van der Waals surface area contributed by atoms with Gasteiger partial charge in [-0.3, -0.25) is 10.1 Å². The maximum atomic E-state index is 12.1. The Morgan fingerprint density at radius 1 is 1.11 bits per heavy atom. The minimum absolute atomic E-state index is 0.242. The van der Waals surface area contributed by atoms with E-state index in [4.69, 9.17) is 4.74 Å². The molecule has 1 aromatic carbocycles. The highest BCUT2D eigenvalue weighted by atomic mass is 16.5. The number of carbonyl (C=O) groups excluding carboxylic acids is 2. The number of fused-ring (bicyclic) bond motifs is 2. The predicted octanol–water partition coefficient (Wildman–Crippen LogP) is 3.39. The summed E-state index contributed by atoms with van der Waals surface area (Å²) in [5.74, 6) is 6.71. The third kappa shape index (κ3) is 3.93. The number of aryl methyl sites for hydroxylation is 1. The van der Waals surface area contributed by atoms with Crippen molar-refractivity contribution in [2.75, 3.05) is 7.11 Å². The Morgan fingerprint density at radius 3 is 2.50 bits per heavy atom. The highest BCUT2D eigenvalue weighted by Crippen LogP contribution is 2.39. The molecule has 1 unspecified atom stereocenters. The standard InChI is InChI=1S/C16H14N2O2.C7H14O/c19-14-16(18-15(20)17-14)8-7-12-6-5-11(9-13(12)16)4-3-10-1-2-10;1-8-7-5-3-2-4-6-7/h5-6,9-10H,1-2,7-8H2,(H2,17,18,19,20);7H,2-6H2,1H3. The van der Waals surface area contributed by atoms with Crippen molar-refractivity contribution in [1.29, 1.82) is 0 Å². The summed E-state index contributed by atoms with van der Waals surface area (Å²) < 4.78 is 5.19. The number of ether oxygens (including phenoxy) is 1. The summed E-state index contributed by atoms with van der Waals surface area (Å²) in [5, 5.41) is 5.14. The predicted molar refractivity (Wildman–Crippen MR) is 107 cm³/mol. The molecule has 1 aliphatic heterocycles. The normalized spacial score (nSPS) is 25.9. The van der Waals surface area contributed by atoms with Crippen LogP contribution in [0.4, 0.5) is 4.79 Å². The van der Waals surface area contributed by atoms with E-state index in [-0.39, 0.29) is 5.91 Å². The number of hydrogen-bond acceptors (Lipinski definition) is 3. The third-order valence-corrected chi connectivity index (χ3v) is 6.16. The molecule has 2 N–H and O–H groups in total. The smallest absolute Gasteiger partial charge is 0.322 e. The Balaban J connectivity index is 0.000000203. The second-order valence-electron chi connectivity index (χ2n) is 8.22. The molecule has 2 saturated carbocycles. The quantitative estimate of drug-likeness (QED) is 0.580. The van der Waals surface area contributed by atoms with Gasteiger partial charge in [0.2, 0.25) is 0 Å². The molecule has 5 rings (SSSR count). The summed E-state index contributed by atoms with van der Waals surface area (Å²) in [5.41, 5.74) is 2.08. The van der Waals surface area contributed by atoms with Gasteiger partial charge in [0.1, 0.15) is 5.54 Å². The van der Waals surface area contributed by atoms with Gasteiger partial charge in [-0.2, -0.15) is 0 Å². The largest absolute Gasteiger partial charge is 0.381 e. The summed E-state index contributed by atoms with van der Waals surface area (Å²) in [6.45, 7) is 0. The number of imide groups is 1. The first-order valence-corrected chi connectivity index (χ1v) is 10.4. The monoisotopic (exact) mass is 380 g/mol. The van der Waals surface area contributed by atoms with E-state index < -0.39 is 11.6 Å². The van der Waals surface area contributed by atoms with Crippen LogP contribution in [0.2, 0.25) is 0 Å². The second-order valence-corrected chi connectivity index (χ2v) is 8.22. The zero-order valence-corrected chi connectivity index (χ0v) is 16.5. The van der Waals surface area contributed by atoms with Crippen molar-refractivity contribution < 1.29 is 14.3 Å². The molecule has 3 aliphatic carbocycles. The Kier molecular flexibility index (Phi) is 5.41. The number of nitrogens with one attached hydrogen (secondary N) is 2. The Bertz CT molecular complexity index is 828. The maximum absolute atomic E-state index is 12.1. The molecule has 3 amide bonds. The number of methoxy groups -OCH3 is 1. The van der Waals surface area contributed by atoms with Crippen molar-refractivity contribution in [3.05, 3.63) is 34.9 Å². The van der Waals surface area contributed by atoms with Gasteiger partial charge in [-0.15, -0.1) is 0 Å². The van der Waals surface area contributed by atoms with Crippen molar-refractivity contribution in [3.8, 4) is 11.8 Å². The molecule has 148 valence electrons. The molecular weight excluding hydrogens is 352 g/mol. The van der Waals surface area contributed by atoms with E-state index in [1.54, 1.807) is 0 Å². The van der Waals surface area contributed by atoms with E-state index in [0.717, 1.165) is 23.1 Å². The molecule has 1 saturated heterocycles. The molecule has 4 aliphatic rings. The number of carbonyl (C=O) groups is 2. The van der Waals surface area contributed by atoms with Crippen LogP contribution in [0.15, 0.2) is 18.2 Å². The van der Waals surface area contributed by atoms with E-state index in [9.17, 15) is 9.59 Å². The second kappa shape index (κ2) is 7.97. The zero-order valence-electron chi connectivity index (χ0n) is 16.5. The maximum Gasteiger partial charge on any atom is 0.322 e. The van der Waals surface area contributed by atoms with Gasteiger partial charge >= 0.3 is 6.03 Å². The molecule has 28 heavy (non-hydrogen) atoms. The molecule has 3 fully saturated rings. The van der Waals surface area contributed by atoms with Crippen LogP contribution in [-0.2, 0) is 21.5 Å². The fourth-order valence-corrected chi connectivity index (χ4v) is 4.30. The number of hydrogen-bond donors (Lipinski definition) is 2. The van der Waals surface area contributed by atoms with Crippen LogP contribution in [0.5, 0.6) is 0 Å². The van der Waals surface area contributed by atoms with Crippen LogP contribution in [-0.4, -0.2) is 25.2 Å². The van der Waals surface area contributed by atoms with Crippen molar-refractivity contribution in [2.45, 2.75) is 69.4 Å². The van der Waals surface area contributed by atoms with Crippen molar-refractivity contribution in [3.63, 3.8) is 0 Å². The average Bonchev–Trinajstić information content (AvgIpc) is 3.42. The lowest BCUT2D eigenvalue weighted by molar-refractivity contribution is -0.124. The summed E-state index contributed by atoms with van der Waals surface area (Å²) in [6.07, 6.45) is 11.1. The van der Waals surface area contributed by atoms with Gasteiger partial charge < -0.3 is 10.1 Å². The van der Waals surface area contributed by atoms with Crippen LogP contribution in [0.3, 0.4) is 0 Å². The first kappa shape index (κ1) is 19.0. The molecule has 1 spiro atoms. The van der Waals surface area contributed by atoms with E-state index in [1.807, 2.05) is 25.3 Å². The van der Waals surface area contributed by atoms with Gasteiger partial charge in [-0.05, 0) is 61.8 Å². The molecule has 0 aromatic heterocycles. The first-order valence-electron chi connectivity index (χ1n) is 10.4. The van der Waals surface area contributed by atoms with Crippen LogP contribution in [0, 0.1) is 17.8 Å². The molecule has 0 bridgehead atoms. The van der Waals surface area contributed by atoms with Gasteiger partial charge in [0, 0.05) is 18.6 Å². The lowest BCUT2D eigenvalue weighted by Gasteiger charge is -2.21. The molecule has 1 aromatic rings. The molecule has 1 heterocycles. The Morgan fingerprint density at radius 2 is 1.89 bits per heavy atom. The van der Waals surface area contributed by atoms with Crippen molar-refractivity contribution in [1.82, 2.24) is 10.6 Å². The molecule has 0 radical (unpaired) electrons. The minimum Gasteiger partial charge on any atom is -0.381 e. The lowest BCUT2D eigenvalue weighted by Crippen LogP contribution is -2.41. The zero-order chi connectivity index (χ0) is 19.6. The van der Waals surface area contributed by atoms with Crippen LogP contribution in [0.1, 0.15) is 68.1 Å². The van der Waals surface area contributed by atoms with Crippen LogP contribution >= 0.6 is 0 Å². The van der Waals surface area contributed by atoms with Crippen LogP contribution < -0.4 is 10.6 Å². The van der Waals surface area contributed by atoms with Crippen LogP contribution in [0.25, 0.3) is 0 Å². The highest BCUT2D eigenvalue weighted by molar-refractivity contribution is 6.08. The fourth-order valence-electron chi connectivity index (χ4n) is 4.30. The van der Waals surface area contributed by atoms with Gasteiger partial charge in [-0.1, -0.05) is 37.2 Å². The fraction of sp³-hybridized carbons (Fsp3) is 0.565. The molecular formula is C23H28N2O3. The van der Waals surface area contributed by atoms with Gasteiger partial charge in [0.15, 0.2) is 0 Å². The summed E-state index contributed by atoms with van der Waals surface area (Å²) >= 11 is 0.